The second-order valence-electron chi connectivity index (χ2n) is 5.62. The van der Waals surface area contributed by atoms with Crippen LogP contribution >= 0.6 is 15.9 Å². The van der Waals surface area contributed by atoms with Gasteiger partial charge in [0.2, 0.25) is 0 Å². The van der Waals surface area contributed by atoms with E-state index < -0.39 is 5.60 Å². The molecule has 0 saturated carbocycles. The SMILES string of the molecule is COCCn1ncc(Br)c1C1(O)CCOC(C)(C)C1. The first-order valence-corrected chi connectivity index (χ1v) is 7.24. The predicted molar refractivity (Wildman–Crippen MR) is 75.0 cm³/mol. The van der Waals surface area contributed by atoms with E-state index in [1.165, 1.54) is 0 Å². The fourth-order valence-electron chi connectivity index (χ4n) is 2.71. The monoisotopic (exact) mass is 332 g/mol. The molecule has 0 radical (unpaired) electrons. The zero-order chi connectivity index (χ0) is 14.1. The standard InChI is InChI=1S/C13H21BrN2O3/c1-12(2)9-13(17,4-6-19-12)11-10(14)8-15-16(11)5-7-18-3/h8,17H,4-7,9H2,1-3H3. The van der Waals surface area contributed by atoms with Crippen LogP contribution in [0.2, 0.25) is 0 Å². The Morgan fingerprint density at radius 1 is 1.58 bits per heavy atom. The number of hydrogen-bond donors (Lipinski definition) is 1. The zero-order valence-electron chi connectivity index (χ0n) is 11.6. The minimum Gasteiger partial charge on any atom is -0.383 e. The largest absolute Gasteiger partial charge is 0.383 e. The second-order valence-corrected chi connectivity index (χ2v) is 6.48. The third kappa shape index (κ3) is 3.18. The fourth-order valence-corrected chi connectivity index (χ4v) is 3.38. The summed E-state index contributed by atoms with van der Waals surface area (Å²) in [5.41, 5.74) is -0.422. The molecule has 5 nitrogen and oxygen atoms in total. The van der Waals surface area contributed by atoms with Gasteiger partial charge in [-0.2, -0.15) is 5.10 Å². The van der Waals surface area contributed by atoms with Gasteiger partial charge >= 0.3 is 0 Å². The van der Waals surface area contributed by atoms with Gasteiger partial charge in [-0.25, -0.2) is 0 Å². The molecule has 6 heteroatoms. The van der Waals surface area contributed by atoms with Crippen LogP contribution in [0.1, 0.15) is 32.4 Å². The van der Waals surface area contributed by atoms with E-state index in [2.05, 4.69) is 21.0 Å². The molecular formula is C13H21BrN2O3. The van der Waals surface area contributed by atoms with Crippen LogP contribution in [0, 0.1) is 0 Å². The number of methoxy groups -OCH3 is 1. The van der Waals surface area contributed by atoms with E-state index >= 15 is 0 Å². The average Bonchev–Trinajstić information content (AvgIpc) is 2.66. The Balaban J connectivity index is 2.31. The van der Waals surface area contributed by atoms with Gasteiger partial charge in [0, 0.05) is 20.0 Å². The van der Waals surface area contributed by atoms with Crippen LogP contribution < -0.4 is 0 Å². The topological polar surface area (TPSA) is 56.5 Å². The number of hydrogen-bond acceptors (Lipinski definition) is 4. The lowest BCUT2D eigenvalue weighted by Crippen LogP contribution is -2.45. The van der Waals surface area contributed by atoms with Crippen molar-refractivity contribution in [1.82, 2.24) is 9.78 Å². The van der Waals surface area contributed by atoms with E-state index in [0.717, 1.165) is 10.2 Å². The van der Waals surface area contributed by atoms with E-state index in [0.29, 0.717) is 32.6 Å². The molecular weight excluding hydrogens is 312 g/mol. The highest BCUT2D eigenvalue weighted by molar-refractivity contribution is 9.10. The van der Waals surface area contributed by atoms with Crippen LogP contribution in [0.4, 0.5) is 0 Å². The molecule has 1 saturated heterocycles. The maximum atomic E-state index is 11.0. The summed E-state index contributed by atoms with van der Waals surface area (Å²) >= 11 is 3.49. The van der Waals surface area contributed by atoms with E-state index in [1.54, 1.807) is 13.3 Å². The number of rotatable bonds is 4. The van der Waals surface area contributed by atoms with E-state index in [4.69, 9.17) is 9.47 Å². The molecule has 1 aromatic heterocycles. The van der Waals surface area contributed by atoms with Gasteiger partial charge in [0.15, 0.2) is 0 Å². The Bertz CT molecular complexity index is 447. The van der Waals surface area contributed by atoms with Crippen LogP contribution in [-0.2, 0) is 21.6 Å². The summed E-state index contributed by atoms with van der Waals surface area (Å²) in [5.74, 6) is 0. The number of ether oxygens (including phenoxy) is 2. The fraction of sp³-hybridized carbons (Fsp3) is 0.769. The highest BCUT2D eigenvalue weighted by Gasteiger charge is 2.43. The maximum Gasteiger partial charge on any atom is 0.112 e. The quantitative estimate of drug-likeness (QED) is 0.917. The molecule has 0 amide bonds. The normalized spacial score (nSPS) is 26.6. The van der Waals surface area contributed by atoms with Crippen molar-refractivity contribution in [3.8, 4) is 0 Å². The zero-order valence-corrected chi connectivity index (χ0v) is 13.2. The minimum atomic E-state index is -0.912. The molecule has 1 aromatic rings. The summed E-state index contributed by atoms with van der Waals surface area (Å²) in [5, 5.41) is 15.3. The van der Waals surface area contributed by atoms with Crippen molar-refractivity contribution in [3.63, 3.8) is 0 Å². The van der Waals surface area contributed by atoms with E-state index in [9.17, 15) is 5.11 Å². The molecule has 108 valence electrons. The number of aromatic nitrogens is 2. The Labute approximate surface area is 122 Å². The summed E-state index contributed by atoms with van der Waals surface area (Å²) < 4.78 is 13.4. The van der Waals surface area contributed by atoms with E-state index in [1.807, 2.05) is 18.5 Å². The Kier molecular flexibility index (Phi) is 4.35. The smallest absolute Gasteiger partial charge is 0.112 e. The number of aliphatic hydroxyl groups is 1. The highest BCUT2D eigenvalue weighted by Crippen LogP contribution is 2.41. The van der Waals surface area contributed by atoms with Gasteiger partial charge in [-0.15, -0.1) is 0 Å². The molecule has 1 aliphatic heterocycles. The van der Waals surface area contributed by atoms with Gasteiger partial charge in [-0.3, -0.25) is 4.68 Å². The Hall–Kier alpha value is -0.430. The maximum absolute atomic E-state index is 11.0. The summed E-state index contributed by atoms with van der Waals surface area (Å²) in [7, 11) is 1.66. The van der Waals surface area contributed by atoms with Crippen molar-refractivity contribution < 1.29 is 14.6 Å². The third-order valence-corrected chi connectivity index (χ3v) is 4.05. The van der Waals surface area contributed by atoms with Gasteiger partial charge < -0.3 is 14.6 Å². The molecule has 1 fully saturated rings. The Morgan fingerprint density at radius 3 is 2.95 bits per heavy atom. The molecule has 1 unspecified atom stereocenters. The molecule has 1 N–H and O–H groups in total. The van der Waals surface area contributed by atoms with Crippen molar-refractivity contribution in [2.45, 2.75) is 44.4 Å². The molecule has 2 heterocycles. The lowest BCUT2D eigenvalue weighted by molar-refractivity contribution is -0.151. The summed E-state index contributed by atoms with van der Waals surface area (Å²) in [6.07, 6.45) is 2.86. The van der Waals surface area contributed by atoms with Gasteiger partial charge in [-0.1, -0.05) is 0 Å². The highest BCUT2D eigenvalue weighted by atomic mass is 79.9. The second kappa shape index (κ2) is 5.52. The Morgan fingerprint density at radius 2 is 2.32 bits per heavy atom. The van der Waals surface area contributed by atoms with Crippen molar-refractivity contribution in [3.05, 3.63) is 16.4 Å². The first-order valence-electron chi connectivity index (χ1n) is 6.45. The van der Waals surface area contributed by atoms with Gasteiger partial charge in [0.05, 0.1) is 41.7 Å². The molecule has 0 bridgehead atoms. The molecule has 0 aliphatic carbocycles. The van der Waals surface area contributed by atoms with Crippen molar-refractivity contribution in [2.75, 3.05) is 20.3 Å². The number of halogens is 1. The van der Waals surface area contributed by atoms with Gasteiger partial charge in [0.1, 0.15) is 5.60 Å². The van der Waals surface area contributed by atoms with Crippen LogP contribution in [-0.4, -0.2) is 40.8 Å². The molecule has 1 aliphatic rings. The third-order valence-electron chi connectivity index (χ3n) is 3.47. The van der Waals surface area contributed by atoms with E-state index in [-0.39, 0.29) is 5.60 Å². The van der Waals surface area contributed by atoms with Crippen molar-refractivity contribution in [2.24, 2.45) is 0 Å². The van der Waals surface area contributed by atoms with Crippen LogP contribution in [0.3, 0.4) is 0 Å². The first kappa shape index (κ1) is 15.0. The van der Waals surface area contributed by atoms with Crippen molar-refractivity contribution in [1.29, 1.82) is 0 Å². The van der Waals surface area contributed by atoms with Crippen LogP contribution in [0.25, 0.3) is 0 Å². The first-order chi connectivity index (χ1) is 8.88. The average molecular weight is 333 g/mol. The molecule has 1 atom stereocenters. The molecule has 0 aromatic carbocycles. The molecule has 2 rings (SSSR count). The van der Waals surface area contributed by atoms with Crippen LogP contribution in [0.5, 0.6) is 0 Å². The lowest BCUT2D eigenvalue weighted by Gasteiger charge is -2.41. The number of nitrogens with zero attached hydrogens (tertiary/aromatic N) is 2. The molecule has 19 heavy (non-hydrogen) atoms. The summed E-state index contributed by atoms with van der Waals surface area (Å²) in [6, 6.07) is 0. The molecule has 0 spiro atoms. The van der Waals surface area contributed by atoms with Gasteiger partial charge in [0.25, 0.3) is 0 Å². The van der Waals surface area contributed by atoms with Crippen LogP contribution in [0.15, 0.2) is 10.7 Å². The van der Waals surface area contributed by atoms with Gasteiger partial charge in [-0.05, 0) is 29.8 Å². The summed E-state index contributed by atoms with van der Waals surface area (Å²) in [6.45, 7) is 5.74. The predicted octanol–water partition coefficient (Wildman–Crippen LogP) is 2.07. The minimum absolute atomic E-state index is 0.331. The lowest BCUT2D eigenvalue weighted by atomic mass is 9.82. The van der Waals surface area contributed by atoms with Crippen molar-refractivity contribution >= 4 is 15.9 Å². The summed E-state index contributed by atoms with van der Waals surface area (Å²) in [4.78, 5) is 0.